The molecule has 23 heavy (non-hydrogen) atoms. The lowest BCUT2D eigenvalue weighted by molar-refractivity contribution is -0.141. The van der Waals surface area contributed by atoms with Crippen molar-refractivity contribution in [2.75, 3.05) is 12.3 Å². The first-order valence-corrected chi connectivity index (χ1v) is 9.31. The van der Waals surface area contributed by atoms with Crippen LogP contribution in [0.15, 0.2) is 29.2 Å². The van der Waals surface area contributed by atoms with E-state index in [0.29, 0.717) is 24.3 Å². The highest BCUT2D eigenvalue weighted by molar-refractivity contribution is 7.91. The summed E-state index contributed by atoms with van der Waals surface area (Å²) in [5, 5.41) is 12.0. The predicted molar refractivity (Wildman–Crippen MR) is 85.0 cm³/mol. The third kappa shape index (κ3) is 4.68. The predicted octanol–water partition coefficient (Wildman–Crippen LogP) is 1.73. The van der Waals surface area contributed by atoms with Gasteiger partial charge in [0.25, 0.3) is 0 Å². The first-order chi connectivity index (χ1) is 10.8. The SMILES string of the molecule is O=C(O)[C@@H]1CC[C@H](C(=O)NCCS(=O)(=O)c2ccc(Cl)cc2)C1. The lowest BCUT2D eigenvalue weighted by Gasteiger charge is -2.11. The van der Waals surface area contributed by atoms with Crippen LogP contribution in [0.25, 0.3) is 0 Å². The second kappa shape index (κ2) is 7.31. The van der Waals surface area contributed by atoms with Crippen LogP contribution in [0, 0.1) is 11.8 Å². The van der Waals surface area contributed by atoms with Crippen molar-refractivity contribution in [3.05, 3.63) is 29.3 Å². The minimum atomic E-state index is -3.49. The van der Waals surface area contributed by atoms with E-state index in [4.69, 9.17) is 16.7 Å². The number of carboxylic acid groups (broad SMARTS) is 1. The third-order valence-corrected chi connectivity index (χ3v) is 5.98. The van der Waals surface area contributed by atoms with E-state index < -0.39 is 21.7 Å². The van der Waals surface area contributed by atoms with Gasteiger partial charge in [0.05, 0.1) is 16.6 Å². The maximum Gasteiger partial charge on any atom is 0.306 e. The second-order valence-corrected chi connectivity index (χ2v) is 8.15. The lowest BCUT2D eigenvalue weighted by atomic mass is 10.0. The Labute approximate surface area is 139 Å². The van der Waals surface area contributed by atoms with Crippen LogP contribution in [0.2, 0.25) is 5.02 Å². The largest absolute Gasteiger partial charge is 0.481 e. The molecule has 1 aliphatic rings. The maximum atomic E-state index is 12.1. The van der Waals surface area contributed by atoms with Gasteiger partial charge in [-0.2, -0.15) is 0 Å². The van der Waals surface area contributed by atoms with E-state index in [1.807, 2.05) is 0 Å². The van der Waals surface area contributed by atoms with Gasteiger partial charge in [-0.3, -0.25) is 9.59 Å². The Balaban J connectivity index is 1.83. The molecule has 1 aromatic carbocycles. The number of hydrogen-bond acceptors (Lipinski definition) is 4. The van der Waals surface area contributed by atoms with Gasteiger partial charge in [0.1, 0.15) is 0 Å². The zero-order chi connectivity index (χ0) is 17.0. The van der Waals surface area contributed by atoms with Crippen LogP contribution in [0.3, 0.4) is 0 Å². The summed E-state index contributed by atoms with van der Waals surface area (Å²) in [6.07, 6.45) is 1.31. The van der Waals surface area contributed by atoms with Crippen LogP contribution in [0.1, 0.15) is 19.3 Å². The number of benzene rings is 1. The molecule has 1 amide bonds. The number of carbonyl (C=O) groups is 2. The third-order valence-electron chi connectivity index (χ3n) is 4.00. The zero-order valence-corrected chi connectivity index (χ0v) is 13.9. The van der Waals surface area contributed by atoms with Crippen molar-refractivity contribution in [1.29, 1.82) is 0 Å². The Hall–Kier alpha value is -1.60. The van der Waals surface area contributed by atoms with Crippen molar-refractivity contribution in [3.8, 4) is 0 Å². The summed E-state index contributed by atoms with van der Waals surface area (Å²) >= 11 is 5.72. The molecule has 2 N–H and O–H groups in total. The normalized spacial score (nSPS) is 21.1. The smallest absolute Gasteiger partial charge is 0.306 e. The van der Waals surface area contributed by atoms with Gasteiger partial charge in [-0.1, -0.05) is 11.6 Å². The van der Waals surface area contributed by atoms with Crippen LogP contribution in [0.5, 0.6) is 0 Å². The van der Waals surface area contributed by atoms with Crippen molar-refractivity contribution >= 4 is 33.3 Å². The number of halogens is 1. The van der Waals surface area contributed by atoms with E-state index in [2.05, 4.69) is 5.32 Å². The summed E-state index contributed by atoms with van der Waals surface area (Å²) in [7, 11) is -3.49. The molecule has 0 saturated heterocycles. The van der Waals surface area contributed by atoms with Crippen molar-refractivity contribution in [1.82, 2.24) is 5.32 Å². The summed E-state index contributed by atoms with van der Waals surface area (Å²) in [5.74, 6) is -2.21. The van der Waals surface area contributed by atoms with Gasteiger partial charge in [-0.05, 0) is 43.5 Å². The topological polar surface area (TPSA) is 101 Å². The number of carboxylic acids is 1. The van der Waals surface area contributed by atoms with E-state index in [1.54, 1.807) is 0 Å². The molecule has 1 fully saturated rings. The first-order valence-electron chi connectivity index (χ1n) is 7.28. The molecule has 1 aliphatic carbocycles. The molecule has 2 rings (SSSR count). The minimum Gasteiger partial charge on any atom is -0.481 e. The van der Waals surface area contributed by atoms with Crippen LogP contribution in [-0.4, -0.2) is 37.7 Å². The van der Waals surface area contributed by atoms with Gasteiger partial charge < -0.3 is 10.4 Å². The number of hydrogen-bond donors (Lipinski definition) is 2. The maximum absolute atomic E-state index is 12.1. The molecule has 126 valence electrons. The lowest BCUT2D eigenvalue weighted by Crippen LogP contribution is -2.33. The van der Waals surface area contributed by atoms with Crippen LogP contribution >= 0.6 is 11.6 Å². The molecule has 0 spiro atoms. The van der Waals surface area contributed by atoms with E-state index in [1.165, 1.54) is 24.3 Å². The quantitative estimate of drug-likeness (QED) is 0.805. The summed E-state index contributed by atoms with van der Waals surface area (Å²) < 4.78 is 24.2. The van der Waals surface area contributed by atoms with Crippen molar-refractivity contribution in [2.24, 2.45) is 11.8 Å². The Bertz CT molecular complexity index is 686. The monoisotopic (exact) mass is 359 g/mol. The Morgan fingerprint density at radius 2 is 1.78 bits per heavy atom. The molecule has 0 heterocycles. The molecule has 0 bridgehead atoms. The Kier molecular flexibility index (Phi) is 5.64. The van der Waals surface area contributed by atoms with Gasteiger partial charge in [0.2, 0.25) is 5.91 Å². The van der Waals surface area contributed by atoms with Gasteiger partial charge in [0, 0.05) is 17.5 Å². The minimum absolute atomic E-state index is 0.00195. The fraction of sp³-hybridized carbons (Fsp3) is 0.467. The fourth-order valence-corrected chi connectivity index (χ4v) is 3.94. The molecular formula is C15H18ClNO5S. The van der Waals surface area contributed by atoms with Crippen molar-refractivity contribution in [2.45, 2.75) is 24.2 Å². The molecular weight excluding hydrogens is 342 g/mol. The van der Waals surface area contributed by atoms with E-state index >= 15 is 0 Å². The molecule has 0 unspecified atom stereocenters. The molecule has 0 radical (unpaired) electrons. The van der Waals surface area contributed by atoms with E-state index in [9.17, 15) is 18.0 Å². The summed E-state index contributed by atoms with van der Waals surface area (Å²) in [5.41, 5.74) is 0. The highest BCUT2D eigenvalue weighted by atomic mass is 35.5. The number of rotatable bonds is 6. The summed E-state index contributed by atoms with van der Waals surface area (Å²) in [6, 6.07) is 5.84. The average Bonchev–Trinajstić information content (AvgIpc) is 2.97. The highest BCUT2D eigenvalue weighted by Gasteiger charge is 2.33. The highest BCUT2D eigenvalue weighted by Crippen LogP contribution is 2.31. The number of carbonyl (C=O) groups excluding carboxylic acids is 1. The van der Waals surface area contributed by atoms with Gasteiger partial charge in [-0.15, -0.1) is 0 Å². The number of nitrogens with one attached hydrogen (secondary N) is 1. The average molecular weight is 360 g/mol. The molecule has 0 aromatic heterocycles. The molecule has 8 heteroatoms. The van der Waals surface area contributed by atoms with Gasteiger partial charge >= 0.3 is 5.97 Å². The van der Waals surface area contributed by atoms with Crippen LogP contribution < -0.4 is 5.32 Å². The molecule has 2 atom stereocenters. The van der Waals surface area contributed by atoms with E-state index in [-0.39, 0.29) is 29.0 Å². The second-order valence-electron chi connectivity index (χ2n) is 5.61. The summed E-state index contributed by atoms with van der Waals surface area (Å²) in [6.45, 7) is -0.00195. The van der Waals surface area contributed by atoms with Gasteiger partial charge in [-0.25, -0.2) is 8.42 Å². The van der Waals surface area contributed by atoms with Crippen molar-refractivity contribution in [3.63, 3.8) is 0 Å². The summed E-state index contributed by atoms with van der Waals surface area (Å²) in [4.78, 5) is 23.0. The van der Waals surface area contributed by atoms with Crippen LogP contribution in [-0.2, 0) is 19.4 Å². The molecule has 0 aliphatic heterocycles. The van der Waals surface area contributed by atoms with Gasteiger partial charge in [0.15, 0.2) is 9.84 Å². The number of sulfone groups is 1. The Morgan fingerprint density at radius 3 is 2.35 bits per heavy atom. The Morgan fingerprint density at radius 1 is 1.17 bits per heavy atom. The molecule has 1 aromatic rings. The van der Waals surface area contributed by atoms with Crippen molar-refractivity contribution < 1.29 is 23.1 Å². The number of aliphatic carboxylic acids is 1. The number of amides is 1. The molecule has 1 saturated carbocycles. The zero-order valence-electron chi connectivity index (χ0n) is 12.4. The standard InChI is InChI=1S/C15H18ClNO5S/c16-12-3-5-13(6-4-12)23(21,22)8-7-17-14(18)10-1-2-11(9-10)15(19)20/h3-6,10-11H,1-2,7-9H2,(H,17,18)(H,19,20)/t10-,11+/m0/s1. The molecule has 6 nitrogen and oxygen atoms in total. The first kappa shape index (κ1) is 17.7. The fourth-order valence-electron chi connectivity index (χ4n) is 2.66. The van der Waals surface area contributed by atoms with E-state index in [0.717, 1.165) is 0 Å². The van der Waals surface area contributed by atoms with Crippen LogP contribution in [0.4, 0.5) is 0 Å².